The molecule has 0 unspecified atom stereocenters. The molecule has 0 atom stereocenters. The van der Waals surface area contributed by atoms with Crippen molar-refractivity contribution in [3.8, 4) is 5.69 Å². The number of amidine groups is 1. The molecule has 1 heterocycles. The van der Waals surface area contributed by atoms with E-state index in [4.69, 9.17) is 10.9 Å². The Bertz CT molecular complexity index is 554. The molecule has 3 N–H and O–H groups in total. The predicted octanol–water partition coefficient (Wildman–Crippen LogP) is 1.58. The van der Waals surface area contributed by atoms with Crippen molar-refractivity contribution in [3.63, 3.8) is 0 Å². The molecule has 0 aliphatic rings. The van der Waals surface area contributed by atoms with Crippen LogP contribution in [0.1, 0.15) is 17.0 Å². The lowest BCUT2D eigenvalue weighted by molar-refractivity contribution is 0.318. The highest BCUT2D eigenvalue weighted by atomic mass is 16.4. The summed E-state index contributed by atoms with van der Waals surface area (Å²) in [6.07, 6.45) is 1.78. The first-order valence-electron chi connectivity index (χ1n) is 5.22. The van der Waals surface area contributed by atoms with E-state index in [1.807, 2.05) is 30.5 Å². The van der Waals surface area contributed by atoms with Gasteiger partial charge in [-0.2, -0.15) is 0 Å². The third-order valence-electron chi connectivity index (χ3n) is 2.80. The average Bonchev–Trinajstić information content (AvgIpc) is 2.69. The Labute approximate surface area is 99.2 Å². The number of nitrogens with zero attached hydrogens (tertiary/aromatic N) is 3. The van der Waals surface area contributed by atoms with E-state index in [0.29, 0.717) is 5.56 Å². The van der Waals surface area contributed by atoms with Crippen LogP contribution in [0.3, 0.4) is 0 Å². The fourth-order valence-corrected chi connectivity index (χ4v) is 1.61. The van der Waals surface area contributed by atoms with Crippen LogP contribution in [0.2, 0.25) is 0 Å². The molecule has 1 aromatic heterocycles. The van der Waals surface area contributed by atoms with Crippen molar-refractivity contribution in [2.24, 2.45) is 10.9 Å². The maximum atomic E-state index is 8.57. The number of hydrogen-bond acceptors (Lipinski definition) is 3. The van der Waals surface area contributed by atoms with Crippen molar-refractivity contribution in [1.29, 1.82) is 0 Å². The molecule has 2 rings (SSSR count). The van der Waals surface area contributed by atoms with Gasteiger partial charge in [-0.15, -0.1) is 0 Å². The Morgan fingerprint density at radius 3 is 2.41 bits per heavy atom. The SMILES string of the molecule is Cc1ncn(-c2ccc(C(N)=NO)cc2)c1C. The Morgan fingerprint density at radius 2 is 1.94 bits per heavy atom. The van der Waals surface area contributed by atoms with Crippen LogP contribution in [0.5, 0.6) is 0 Å². The van der Waals surface area contributed by atoms with Gasteiger partial charge in [0.25, 0.3) is 0 Å². The summed E-state index contributed by atoms with van der Waals surface area (Å²) in [5, 5.41) is 11.5. The normalized spacial score (nSPS) is 11.8. The molecule has 0 amide bonds. The van der Waals surface area contributed by atoms with Crippen molar-refractivity contribution >= 4 is 5.84 Å². The van der Waals surface area contributed by atoms with Gasteiger partial charge in [-0.3, -0.25) is 0 Å². The van der Waals surface area contributed by atoms with Gasteiger partial charge in [0.05, 0.1) is 12.0 Å². The van der Waals surface area contributed by atoms with E-state index in [9.17, 15) is 0 Å². The third-order valence-corrected chi connectivity index (χ3v) is 2.80. The van der Waals surface area contributed by atoms with Gasteiger partial charge < -0.3 is 15.5 Å². The molecule has 2 aromatic rings. The van der Waals surface area contributed by atoms with Crippen LogP contribution in [-0.2, 0) is 0 Å². The highest BCUT2D eigenvalue weighted by Crippen LogP contribution is 2.14. The quantitative estimate of drug-likeness (QED) is 0.356. The molecule has 5 heteroatoms. The molecular weight excluding hydrogens is 216 g/mol. The van der Waals surface area contributed by atoms with Crippen LogP contribution in [-0.4, -0.2) is 20.6 Å². The van der Waals surface area contributed by atoms with Gasteiger partial charge in [0.15, 0.2) is 5.84 Å². The summed E-state index contributed by atoms with van der Waals surface area (Å²) in [5.41, 5.74) is 9.29. The second kappa shape index (κ2) is 4.29. The molecule has 0 saturated heterocycles. The lowest BCUT2D eigenvalue weighted by atomic mass is 10.2. The maximum Gasteiger partial charge on any atom is 0.170 e. The van der Waals surface area contributed by atoms with Crippen LogP contribution < -0.4 is 5.73 Å². The average molecular weight is 230 g/mol. The minimum absolute atomic E-state index is 0.107. The molecule has 0 saturated carbocycles. The lowest BCUT2D eigenvalue weighted by Gasteiger charge is -2.06. The Balaban J connectivity index is 2.39. The summed E-state index contributed by atoms with van der Waals surface area (Å²) in [6.45, 7) is 3.98. The summed E-state index contributed by atoms with van der Waals surface area (Å²) in [5.74, 6) is 0.107. The summed E-state index contributed by atoms with van der Waals surface area (Å²) in [6, 6.07) is 7.42. The van der Waals surface area contributed by atoms with Crippen molar-refractivity contribution in [2.45, 2.75) is 13.8 Å². The number of hydrogen-bond donors (Lipinski definition) is 2. The van der Waals surface area contributed by atoms with E-state index in [0.717, 1.165) is 17.1 Å². The lowest BCUT2D eigenvalue weighted by Crippen LogP contribution is -2.12. The van der Waals surface area contributed by atoms with Gasteiger partial charge in [-0.25, -0.2) is 4.98 Å². The number of aryl methyl sites for hydroxylation is 1. The number of benzene rings is 1. The molecule has 0 spiro atoms. The van der Waals surface area contributed by atoms with Gasteiger partial charge in [-0.1, -0.05) is 5.16 Å². The van der Waals surface area contributed by atoms with Gasteiger partial charge >= 0.3 is 0 Å². The van der Waals surface area contributed by atoms with E-state index in [-0.39, 0.29) is 5.84 Å². The third kappa shape index (κ3) is 1.99. The van der Waals surface area contributed by atoms with Crippen molar-refractivity contribution in [1.82, 2.24) is 9.55 Å². The number of oxime groups is 1. The monoisotopic (exact) mass is 230 g/mol. The van der Waals surface area contributed by atoms with Crippen LogP contribution in [0.15, 0.2) is 35.7 Å². The summed E-state index contributed by atoms with van der Waals surface area (Å²) in [7, 11) is 0. The Morgan fingerprint density at radius 1 is 1.29 bits per heavy atom. The number of imidazole rings is 1. The van der Waals surface area contributed by atoms with E-state index < -0.39 is 0 Å². The van der Waals surface area contributed by atoms with Crippen LogP contribution in [0, 0.1) is 13.8 Å². The molecule has 5 nitrogen and oxygen atoms in total. The van der Waals surface area contributed by atoms with E-state index >= 15 is 0 Å². The fraction of sp³-hybridized carbons (Fsp3) is 0.167. The second-order valence-corrected chi connectivity index (χ2v) is 3.82. The molecule has 0 aliphatic carbocycles. The predicted molar refractivity (Wildman–Crippen MR) is 65.5 cm³/mol. The number of nitrogens with two attached hydrogens (primary N) is 1. The summed E-state index contributed by atoms with van der Waals surface area (Å²) in [4.78, 5) is 4.24. The zero-order valence-electron chi connectivity index (χ0n) is 9.75. The molecule has 17 heavy (non-hydrogen) atoms. The van der Waals surface area contributed by atoms with Gasteiger partial charge in [-0.05, 0) is 38.1 Å². The topological polar surface area (TPSA) is 76.4 Å². The van der Waals surface area contributed by atoms with Crippen molar-refractivity contribution < 1.29 is 5.21 Å². The van der Waals surface area contributed by atoms with Gasteiger partial charge in [0, 0.05) is 16.9 Å². The van der Waals surface area contributed by atoms with Crippen LogP contribution >= 0.6 is 0 Å². The van der Waals surface area contributed by atoms with Gasteiger partial charge in [0.1, 0.15) is 0 Å². The minimum atomic E-state index is 0.107. The fourth-order valence-electron chi connectivity index (χ4n) is 1.61. The first-order valence-corrected chi connectivity index (χ1v) is 5.22. The molecule has 88 valence electrons. The molecule has 0 radical (unpaired) electrons. The van der Waals surface area contributed by atoms with E-state index in [2.05, 4.69) is 10.1 Å². The van der Waals surface area contributed by atoms with Crippen LogP contribution in [0.25, 0.3) is 5.69 Å². The van der Waals surface area contributed by atoms with Crippen molar-refractivity contribution in [3.05, 3.63) is 47.5 Å². The Hall–Kier alpha value is -2.30. The van der Waals surface area contributed by atoms with E-state index in [1.165, 1.54) is 0 Å². The highest BCUT2D eigenvalue weighted by molar-refractivity contribution is 5.97. The van der Waals surface area contributed by atoms with E-state index in [1.54, 1.807) is 18.5 Å². The second-order valence-electron chi connectivity index (χ2n) is 3.82. The molecule has 0 aliphatic heterocycles. The first kappa shape index (κ1) is 11.2. The number of rotatable bonds is 2. The number of aromatic nitrogens is 2. The molecule has 0 bridgehead atoms. The molecule has 0 fully saturated rings. The van der Waals surface area contributed by atoms with Crippen LogP contribution in [0.4, 0.5) is 0 Å². The minimum Gasteiger partial charge on any atom is -0.409 e. The zero-order chi connectivity index (χ0) is 12.4. The maximum absolute atomic E-state index is 8.57. The smallest absolute Gasteiger partial charge is 0.170 e. The first-order chi connectivity index (χ1) is 8.13. The molecular formula is C12H14N4O. The Kier molecular flexibility index (Phi) is 2.82. The summed E-state index contributed by atoms with van der Waals surface area (Å²) >= 11 is 0. The van der Waals surface area contributed by atoms with Gasteiger partial charge in [0.2, 0.25) is 0 Å². The largest absolute Gasteiger partial charge is 0.409 e. The standard InChI is InChI=1S/C12H14N4O/c1-8-9(2)16(7-14-8)11-5-3-10(4-6-11)12(13)15-17/h3-7,17H,1-2H3,(H2,13,15). The zero-order valence-corrected chi connectivity index (χ0v) is 9.75. The highest BCUT2D eigenvalue weighted by Gasteiger charge is 2.05. The molecule has 1 aromatic carbocycles. The summed E-state index contributed by atoms with van der Waals surface area (Å²) < 4.78 is 1.99. The van der Waals surface area contributed by atoms with Crippen molar-refractivity contribution in [2.75, 3.05) is 0 Å².